The van der Waals surface area contributed by atoms with Crippen molar-refractivity contribution in [3.05, 3.63) is 17.6 Å². The van der Waals surface area contributed by atoms with Crippen molar-refractivity contribution in [2.24, 2.45) is 5.92 Å². The molecule has 0 fully saturated rings. The minimum atomic E-state index is 0.191. The van der Waals surface area contributed by atoms with Crippen molar-refractivity contribution in [3.63, 3.8) is 0 Å². The van der Waals surface area contributed by atoms with Crippen LogP contribution < -0.4 is 5.32 Å². The maximum Gasteiger partial charge on any atom is 0.129 e. The molecule has 0 aliphatic heterocycles. The SMILES string of the molecule is Cc1cc(NCC(C)CO)nc(C)n1. The number of nitrogens with zero attached hydrogens (tertiary/aromatic N) is 2. The van der Waals surface area contributed by atoms with Gasteiger partial charge in [0.2, 0.25) is 0 Å². The molecule has 1 atom stereocenters. The highest BCUT2D eigenvalue weighted by Gasteiger charge is 2.01. The van der Waals surface area contributed by atoms with Gasteiger partial charge >= 0.3 is 0 Å². The first-order valence-corrected chi connectivity index (χ1v) is 4.79. The third-order valence-electron chi connectivity index (χ3n) is 1.91. The Bertz CT molecular complexity index is 281. The van der Waals surface area contributed by atoms with E-state index in [1.807, 2.05) is 26.8 Å². The third kappa shape index (κ3) is 3.30. The van der Waals surface area contributed by atoms with Crippen molar-refractivity contribution < 1.29 is 5.11 Å². The molecule has 0 aliphatic carbocycles. The van der Waals surface area contributed by atoms with Crippen LogP contribution in [0.15, 0.2) is 6.07 Å². The lowest BCUT2D eigenvalue weighted by Gasteiger charge is -2.10. The molecule has 1 aromatic rings. The first-order chi connectivity index (χ1) is 6.61. The van der Waals surface area contributed by atoms with Crippen LogP contribution in [0.3, 0.4) is 0 Å². The van der Waals surface area contributed by atoms with Crippen LogP contribution in [-0.2, 0) is 0 Å². The number of hydrogen-bond donors (Lipinski definition) is 2. The lowest BCUT2D eigenvalue weighted by molar-refractivity contribution is 0.244. The van der Waals surface area contributed by atoms with Crippen LogP contribution in [0.4, 0.5) is 5.82 Å². The number of aliphatic hydroxyl groups is 1. The molecular formula is C10H17N3O. The topological polar surface area (TPSA) is 58.0 Å². The fourth-order valence-electron chi connectivity index (χ4n) is 1.15. The molecule has 1 unspecified atom stereocenters. The lowest BCUT2D eigenvalue weighted by Crippen LogP contribution is -2.15. The van der Waals surface area contributed by atoms with E-state index in [4.69, 9.17) is 5.11 Å². The van der Waals surface area contributed by atoms with E-state index in [-0.39, 0.29) is 12.5 Å². The highest BCUT2D eigenvalue weighted by molar-refractivity contribution is 5.35. The molecule has 0 saturated carbocycles. The van der Waals surface area contributed by atoms with Gasteiger partial charge in [-0.1, -0.05) is 6.92 Å². The van der Waals surface area contributed by atoms with Crippen molar-refractivity contribution >= 4 is 5.82 Å². The average Bonchev–Trinajstić information content (AvgIpc) is 2.12. The molecule has 4 nitrogen and oxygen atoms in total. The van der Waals surface area contributed by atoms with Gasteiger partial charge in [-0.25, -0.2) is 9.97 Å². The van der Waals surface area contributed by atoms with Gasteiger partial charge in [0, 0.05) is 24.9 Å². The molecule has 0 saturated heterocycles. The zero-order chi connectivity index (χ0) is 10.6. The molecule has 0 aliphatic rings. The molecule has 4 heteroatoms. The highest BCUT2D eigenvalue weighted by atomic mass is 16.3. The van der Waals surface area contributed by atoms with Gasteiger partial charge in [-0.3, -0.25) is 0 Å². The standard InChI is InChI=1S/C10H17N3O/c1-7(6-14)5-11-10-4-8(2)12-9(3)13-10/h4,7,14H,5-6H2,1-3H3,(H,11,12,13). The summed E-state index contributed by atoms with van der Waals surface area (Å²) in [7, 11) is 0. The molecule has 0 aromatic carbocycles. The monoisotopic (exact) mass is 195 g/mol. The Morgan fingerprint density at radius 2 is 2.14 bits per heavy atom. The van der Waals surface area contributed by atoms with E-state index in [2.05, 4.69) is 15.3 Å². The second-order valence-corrected chi connectivity index (χ2v) is 3.61. The normalized spacial score (nSPS) is 12.6. The zero-order valence-corrected chi connectivity index (χ0v) is 8.91. The van der Waals surface area contributed by atoms with Crippen LogP contribution in [-0.4, -0.2) is 28.2 Å². The van der Waals surface area contributed by atoms with Crippen LogP contribution in [0.1, 0.15) is 18.4 Å². The number of aryl methyl sites for hydroxylation is 2. The van der Waals surface area contributed by atoms with Gasteiger partial charge in [0.05, 0.1) is 0 Å². The second kappa shape index (κ2) is 4.91. The summed E-state index contributed by atoms with van der Waals surface area (Å²) in [6.07, 6.45) is 0. The van der Waals surface area contributed by atoms with E-state index >= 15 is 0 Å². The van der Waals surface area contributed by atoms with Gasteiger partial charge in [-0.15, -0.1) is 0 Å². The van der Waals surface area contributed by atoms with Crippen LogP contribution >= 0.6 is 0 Å². The Balaban J connectivity index is 2.58. The average molecular weight is 195 g/mol. The summed E-state index contributed by atoms with van der Waals surface area (Å²) in [6, 6.07) is 1.90. The predicted octanol–water partition coefficient (Wildman–Crippen LogP) is 1.13. The molecular weight excluding hydrogens is 178 g/mol. The number of rotatable bonds is 4. The van der Waals surface area contributed by atoms with Gasteiger partial charge in [0.15, 0.2) is 0 Å². The van der Waals surface area contributed by atoms with Crippen molar-refractivity contribution in [2.45, 2.75) is 20.8 Å². The van der Waals surface area contributed by atoms with E-state index in [0.717, 1.165) is 23.9 Å². The van der Waals surface area contributed by atoms with Gasteiger partial charge in [-0.2, -0.15) is 0 Å². The zero-order valence-electron chi connectivity index (χ0n) is 8.91. The summed E-state index contributed by atoms with van der Waals surface area (Å²) < 4.78 is 0. The van der Waals surface area contributed by atoms with Crippen LogP contribution in [0, 0.1) is 19.8 Å². The molecule has 1 aromatic heterocycles. The Labute approximate surface area is 84.4 Å². The van der Waals surface area contributed by atoms with Gasteiger partial charge < -0.3 is 10.4 Å². The van der Waals surface area contributed by atoms with Crippen LogP contribution in [0.2, 0.25) is 0 Å². The Morgan fingerprint density at radius 3 is 2.71 bits per heavy atom. The maximum atomic E-state index is 8.85. The number of nitrogens with one attached hydrogen (secondary N) is 1. The number of aromatic nitrogens is 2. The van der Waals surface area contributed by atoms with E-state index in [0.29, 0.717) is 0 Å². The Kier molecular flexibility index (Phi) is 3.83. The van der Waals surface area contributed by atoms with E-state index in [1.54, 1.807) is 0 Å². The predicted molar refractivity (Wildman–Crippen MR) is 56.2 cm³/mol. The summed E-state index contributed by atoms with van der Waals surface area (Å²) >= 11 is 0. The fourth-order valence-corrected chi connectivity index (χ4v) is 1.15. The summed E-state index contributed by atoms with van der Waals surface area (Å²) in [5.41, 5.74) is 0.955. The van der Waals surface area contributed by atoms with Crippen molar-refractivity contribution in [1.29, 1.82) is 0 Å². The van der Waals surface area contributed by atoms with E-state index in [9.17, 15) is 0 Å². The minimum Gasteiger partial charge on any atom is -0.396 e. The summed E-state index contributed by atoms with van der Waals surface area (Å²) in [5.74, 6) is 1.84. The second-order valence-electron chi connectivity index (χ2n) is 3.61. The lowest BCUT2D eigenvalue weighted by atomic mass is 10.2. The smallest absolute Gasteiger partial charge is 0.129 e. The van der Waals surface area contributed by atoms with Crippen molar-refractivity contribution in [1.82, 2.24) is 9.97 Å². The third-order valence-corrected chi connectivity index (χ3v) is 1.91. The van der Waals surface area contributed by atoms with E-state index in [1.165, 1.54) is 0 Å². The first-order valence-electron chi connectivity index (χ1n) is 4.79. The molecule has 0 bridgehead atoms. The molecule has 78 valence electrons. The number of hydrogen-bond acceptors (Lipinski definition) is 4. The van der Waals surface area contributed by atoms with Crippen molar-refractivity contribution in [2.75, 3.05) is 18.5 Å². The molecule has 0 radical (unpaired) electrons. The van der Waals surface area contributed by atoms with E-state index < -0.39 is 0 Å². The van der Waals surface area contributed by atoms with Crippen LogP contribution in [0.5, 0.6) is 0 Å². The largest absolute Gasteiger partial charge is 0.396 e. The summed E-state index contributed by atoms with van der Waals surface area (Å²) in [6.45, 7) is 6.71. The highest BCUT2D eigenvalue weighted by Crippen LogP contribution is 2.06. The van der Waals surface area contributed by atoms with Gasteiger partial charge in [0.1, 0.15) is 11.6 Å². The first kappa shape index (κ1) is 10.9. The maximum absolute atomic E-state index is 8.85. The van der Waals surface area contributed by atoms with Gasteiger partial charge in [-0.05, 0) is 19.8 Å². The summed E-state index contributed by atoms with van der Waals surface area (Å²) in [5, 5.41) is 12.0. The quantitative estimate of drug-likeness (QED) is 0.756. The summed E-state index contributed by atoms with van der Waals surface area (Å²) in [4.78, 5) is 8.42. The molecule has 0 amide bonds. The van der Waals surface area contributed by atoms with Crippen LogP contribution in [0.25, 0.3) is 0 Å². The fraction of sp³-hybridized carbons (Fsp3) is 0.600. The molecule has 1 rings (SSSR count). The number of anilines is 1. The van der Waals surface area contributed by atoms with Crippen molar-refractivity contribution in [3.8, 4) is 0 Å². The van der Waals surface area contributed by atoms with Gasteiger partial charge in [0.25, 0.3) is 0 Å². The number of aliphatic hydroxyl groups excluding tert-OH is 1. The molecule has 2 N–H and O–H groups in total. The Hall–Kier alpha value is -1.16. The molecule has 1 heterocycles. The molecule has 0 spiro atoms. The Morgan fingerprint density at radius 1 is 1.43 bits per heavy atom. The molecule has 14 heavy (non-hydrogen) atoms. The minimum absolute atomic E-state index is 0.191.